The maximum absolute atomic E-state index is 11.7. The van der Waals surface area contributed by atoms with Crippen LogP contribution in [0.25, 0.3) is 0 Å². The second-order valence-electron chi connectivity index (χ2n) is 4.49. The van der Waals surface area contributed by atoms with Gasteiger partial charge in [-0.25, -0.2) is 9.71 Å². The Morgan fingerprint density at radius 1 is 1.50 bits per heavy atom. The first-order valence-corrected chi connectivity index (χ1v) is 7.48. The molecule has 1 aromatic rings. The molecular weight excluding hydrogens is 272 g/mol. The molecule has 1 aromatic heterocycles. The van der Waals surface area contributed by atoms with E-state index < -0.39 is 15.7 Å². The minimum atomic E-state index is -3.62. The summed E-state index contributed by atoms with van der Waals surface area (Å²) in [6.07, 6.45) is 1.50. The number of aromatic nitrogens is 1. The molecule has 0 radical (unpaired) electrons. The lowest BCUT2D eigenvalue weighted by Crippen LogP contribution is -2.43. The highest BCUT2D eigenvalue weighted by atomic mass is 32.2. The van der Waals surface area contributed by atoms with Crippen molar-refractivity contribution in [2.45, 2.75) is 26.3 Å². The fraction of sp³-hybridized carbons (Fsp3) is 0.500. The van der Waals surface area contributed by atoms with Crippen LogP contribution in [0.2, 0.25) is 0 Å². The molecule has 0 aromatic carbocycles. The lowest BCUT2D eigenvalue weighted by atomic mass is 10.1. The molecule has 0 saturated heterocycles. The first kappa shape index (κ1) is 14.9. The van der Waals surface area contributed by atoms with Gasteiger partial charge in [0.05, 0.1) is 17.6 Å². The Morgan fingerprint density at radius 3 is 2.72 bits per heavy atom. The van der Waals surface area contributed by atoms with E-state index in [1.165, 1.54) is 6.20 Å². The van der Waals surface area contributed by atoms with E-state index in [0.717, 1.165) is 11.3 Å². The van der Waals surface area contributed by atoms with Crippen LogP contribution in [0.5, 0.6) is 0 Å². The van der Waals surface area contributed by atoms with Crippen molar-refractivity contribution in [3.05, 3.63) is 11.1 Å². The molecule has 0 spiro atoms. The zero-order valence-electron chi connectivity index (χ0n) is 10.4. The van der Waals surface area contributed by atoms with E-state index in [-0.39, 0.29) is 11.7 Å². The van der Waals surface area contributed by atoms with Gasteiger partial charge in [0.1, 0.15) is 0 Å². The van der Waals surface area contributed by atoms with E-state index in [2.05, 4.69) is 26.3 Å². The van der Waals surface area contributed by atoms with Gasteiger partial charge in [0.2, 0.25) is 0 Å². The second-order valence-corrected chi connectivity index (χ2v) is 6.94. The number of thiazole rings is 1. The lowest BCUT2D eigenvalue weighted by molar-refractivity contribution is 0.494. The van der Waals surface area contributed by atoms with Gasteiger partial charge in [0, 0.05) is 5.54 Å². The average molecular weight is 288 g/mol. The maximum Gasteiger partial charge on any atom is 0.301 e. The third-order valence-corrected chi connectivity index (χ3v) is 3.78. The van der Waals surface area contributed by atoms with Crippen LogP contribution in [0.4, 0.5) is 5.13 Å². The van der Waals surface area contributed by atoms with Crippen LogP contribution in [-0.2, 0) is 10.2 Å². The van der Waals surface area contributed by atoms with Gasteiger partial charge in [-0.3, -0.25) is 0 Å². The second kappa shape index (κ2) is 5.67. The minimum Gasteiger partial charge on any atom is -0.320 e. The number of hydrogen-bond acceptors (Lipinski definition) is 5. The molecule has 0 amide bonds. The first-order chi connectivity index (χ1) is 8.22. The topological polar surface area (TPSA) is 97.1 Å². The molecule has 8 heteroatoms. The Labute approximate surface area is 111 Å². The van der Waals surface area contributed by atoms with E-state index in [9.17, 15) is 8.42 Å². The van der Waals surface area contributed by atoms with Crippen LogP contribution < -0.4 is 15.2 Å². The van der Waals surface area contributed by atoms with Gasteiger partial charge in [0.15, 0.2) is 5.13 Å². The summed E-state index contributed by atoms with van der Waals surface area (Å²) in [5, 5.41) is 0.271. The molecule has 100 valence electrons. The molecular formula is C10H16N4O2S2. The molecule has 0 fully saturated rings. The molecule has 4 N–H and O–H groups in total. The average Bonchev–Trinajstić information content (AvgIpc) is 2.57. The van der Waals surface area contributed by atoms with Crippen molar-refractivity contribution in [2.75, 3.05) is 11.3 Å². The summed E-state index contributed by atoms with van der Waals surface area (Å²) in [6, 6.07) is 0. The van der Waals surface area contributed by atoms with Crippen molar-refractivity contribution in [1.29, 1.82) is 0 Å². The number of nitrogens with zero attached hydrogens (tertiary/aromatic N) is 1. The van der Waals surface area contributed by atoms with E-state index in [4.69, 9.17) is 5.73 Å². The Bertz CT molecular complexity index is 561. The highest BCUT2D eigenvalue weighted by Crippen LogP contribution is 2.18. The van der Waals surface area contributed by atoms with Crippen molar-refractivity contribution in [3.8, 4) is 11.8 Å². The molecule has 0 atom stereocenters. The summed E-state index contributed by atoms with van der Waals surface area (Å²) in [7, 11) is -3.62. The zero-order valence-corrected chi connectivity index (χ0v) is 12.1. The number of hydrogen-bond donors (Lipinski definition) is 3. The van der Waals surface area contributed by atoms with Crippen LogP contribution >= 0.6 is 11.3 Å². The molecule has 1 heterocycles. The summed E-state index contributed by atoms with van der Waals surface area (Å²) in [6.45, 7) is 5.52. The fourth-order valence-electron chi connectivity index (χ4n) is 1.06. The van der Waals surface area contributed by atoms with Gasteiger partial charge in [0.25, 0.3) is 0 Å². The van der Waals surface area contributed by atoms with E-state index in [1.54, 1.807) is 20.8 Å². The Balaban J connectivity index is 2.76. The van der Waals surface area contributed by atoms with Crippen molar-refractivity contribution in [3.63, 3.8) is 0 Å². The van der Waals surface area contributed by atoms with E-state index in [0.29, 0.717) is 4.88 Å². The lowest BCUT2D eigenvalue weighted by Gasteiger charge is -2.19. The molecule has 0 aliphatic heterocycles. The predicted octanol–water partition coefficient (Wildman–Crippen LogP) is 0.498. The SMILES string of the molecule is CC(C)(C)NS(=O)(=O)Nc1ncc(C#CCN)s1. The maximum atomic E-state index is 11.7. The van der Waals surface area contributed by atoms with Crippen LogP contribution in [0.15, 0.2) is 6.20 Å². The molecule has 18 heavy (non-hydrogen) atoms. The predicted molar refractivity (Wildman–Crippen MR) is 73.5 cm³/mol. The largest absolute Gasteiger partial charge is 0.320 e. The van der Waals surface area contributed by atoms with E-state index in [1.807, 2.05) is 0 Å². The number of nitrogens with two attached hydrogens (primary N) is 1. The normalized spacial score (nSPS) is 11.8. The van der Waals surface area contributed by atoms with Crippen LogP contribution in [0.1, 0.15) is 25.6 Å². The quantitative estimate of drug-likeness (QED) is 0.705. The monoisotopic (exact) mass is 288 g/mol. The fourth-order valence-corrected chi connectivity index (χ4v) is 3.24. The van der Waals surface area contributed by atoms with Crippen LogP contribution in [0.3, 0.4) is 0 Å². The van der Waals surface area contributed by atoms with Crippen molar-refractivity contribution >= 4 is 26.7 Å². The Kier molecular flexibility index (Phi) is 4.70. The zero-order chi connectivity index (χ0) is 13.8. The molecule has 0 aliphatic carbocycles. The molecule has 0 bridgehead atoms. The molecule has 1 rings (SSSR count). The van der Waals surface area contributed by atoms with Crippen LogP contribution in [0, 0.1) is 11.8 Å². The number of nitrogens with one attached hydrogen (secondary N) is 2. The summed E-state index contributed by atoms with van der Waals surface area (Å²) in [5.41, 5.74) is 4.69. The highest BCUT2D eigenvalue weighted by molar-refractivity contribution is 7.91. The van der Waals surface area contributed by atoms with Gasteiger partial charge in [-0.1, -0.05) is 23.2 Å². The standard InChI is InChI=1S/C10H16N4O2S2/c1-10(2,3)14-18(15,16)13-9-12-7-8(17-9)5-4-6-11/h7,14H,6,11H2,1-3H3,(H,12,13). The third-order valence-electron chi connectivity index (χ3n) is 1.48. The van der Waals surface area contributed by atoms with Crippen molar-refractivity contribution in [2.24, 2.45) is 5.73 Å². The number of anilines is 1. The summed E-state index contributed by atoms with van der Waals surface area (Å²) in [4.78, 5) is 4.59. The van der Waals surface area contributed by atoms with Gasteiger partial charge >= 0.3 is 10.2 Å². The summed E-state index contributed by atoms with van der Waals surface area (Å²) < 4.78 is 28.3. The first-order valence-electron chi connectivity index (χ1n) is 5.18. The third kappa shape index (κ3) is 5.46. The summed E-state index contributed by atoms with van der Waals surface area (Å²) >= 11 is 1.16. The van der Waals surface area contributed by atoms with Crippen LogP contribution in [-0.4, -0.2) is 25.5 Å². The smallest absolute Gasteiger partial charge is 0.301 e. The van der Waals surface area contributed by atoms with E-state index >= 15 is 0 Å². The molecule has 0 aliphatic rings. The Hall–Kier alpha value is -1.14. The molecule has 0 saturated carbocycles. The van der Waals surface area contributed by atoms with Crippen molar-refractivity contribution in [1.82, 2.24) is 9.71 Å². The Morgan fingerprint density at radius 2 is 2.17 bits per heavy atom. The number of rotatable bonds is 3. The molecule has 6 nitrogen and oxygen atoms in total. The highest BCUT2D eigenvalue weighted by Gasteiger charge is 2.20. The molecule has 0 unspecified atom stereocenters. The van der Waals surface area contributed by atoms with Gasteiger partial charge in [-0.2, -0.15) is 13.1 Å². The summed E-state index contributed by atoms with van der Waals surface area (Å²) in [5.74, 6) is 5.46. The minimum absolute atomic E-state index is 0.255. The van der Waals surface area contributed by atoms with Gasteiger partial charge in [-0.05, 0) is 20.8 Å². The van der Waals surface area contributed by atoms with Gasteiger partial charge in [-0.15, -0.1) is 0 Å². The van der Waals surface area contributed by atoms with Crippen molar-refractivity contribution < 1.29 is 8.42 Å². The van der Waals surface area contributed by atoms with Gasteiger partial charge < -0.3 is 5.73 Å².